The van der Waals surface area contributed by atoms with Gasteiger partial charge < -0.3 is 19.5 Å². The fourth-order valence-corrected chi connectivity index (χ4v) is 4.74. The average molecular weight is 477 g/mol. The number of nitrogens with one attached hydrogen (secondary N) is 1. The molecule has 180 valence electrons. The minimum Gasteiger partial charge on any atom is -0.494 e. The molecule has 0 atom stereocenters. The van der Waals surface area contributed by atoms with Gasteiger partial charge in [0.25, 0.3) is 0 Å². The van der Waals surface area contributed by atoms with E-state index < -0.39 is 10.0 Å². The van der Waals surface area contributed by atoms with Crippen LogP contribution >= 0.6 is 0 Å². The summed E-state index contributed by atoms with van der Waals surface area (Å²) in [6.45, 7) is 7.17. The van der Waals surface area contributed by atoms with Crippen molar-refractivity contribution in [2.75, 3.05) is 38.2 Å². The highest BCUT2D eigenvalue weighted by molar-refractivity contribution is 7.89. The maximum absolute atomic E-state index is 13.0. The van der Waals surface area contributed by atoms with Crippen molar-refractivity contribution < 1.29 is 27.4 Å². The summed E-state index contributed by atoms with van der Waals surface area (Å²) in [6.07, 6.45) is 2.26. The van der Waals surface area contributed by atoms with Gasteiger partial charge in [-0.15, -0.1) is 0 Å². The van der Waals surface area contributed by atoms with Gasteiger partial charge in [0.15, 0.2) is 5.75 Å². The van der Waals surface area contributed by atoms with E-state index in [1.165, 1.54) is 16.4 Å². The molecule has 0 radical (unpaired) electrons. The van der Waals surface area contributed by atoms with Crippen LogP contribution in [0.2, 0.25) is 0 Å². The summed E-state index contributed by atoms with van der Waals surface area (Å²) in [5.74, 6) is 1.74. The van der Waals surface area contributed by atoms with Crippen LogP contribution in [0.15, 0.2) is 47.4 Å². The van der Waals surface area contributed by atoms with Crippen LogP contribution in [0.3, 0.4) is 0 Å². The second-order valence-electron chi connectivity index (χ2n) is 7.76. The van der Waals surface area contributed by atoms with E-state index in [2.05, 4.69) is 5.32 Å². The molecule has 0 saturated heterocycles. The predicted octanol–water partition coefficient (Wildman–Crippen LogP) is 4.27. The molecule has 0 aromatic heterocycles. The molecular formula is C24H32N2O6S. The summed E-state index contributed by atoms with van der Waals surface area (Å²) in [5, 5.41) is 2.75. The van der Waals surface area contributed by atoms with Crippen LogP contribution in [0, 0.1) is 5.92 Å². The normalized spacial score (nSPS) is 13.7. The van der Waals surface area contributed by atoms with Crippen LogP contribution < -0.4 is 14.8 Å². The van der Waals surface area contributed by atoms with E-state index in [0.717, 1.165) is 12.8 Å². The Labute approximate surface area is 195 Å². The van der Waals surface area contributed by atoms with E-state index in [4.69, 9.17) is 14.2 Å². The molecule has 8 nitrogen and oxygen atoms in total. The van der Waals surface area contributed by atoms with E-state index >= 15 is 0 Å². The Morgan fingerprint density at radius 1 is 1.03 bits per heavy atom. The minimum atomic E-state index is -3.70. The lowest BCUT2D eigenvalue weighted by Crippen LogP contribution is -2.30. The SMILES string of the molecule is CCOc1ccc(Oc2ccc(S(=O)(=O)N(CC)CC)cc2NC(=O)COCC2CC2)cc1. The molecule has 1 aliphatic rings. The summed E-state index contributed by atoms with van der Waals surface area (Å²) in [6, 6.07) is 11.5. The van der Waals surface area contributed by atoms with Crippen LogP contribution in [-0.4, -0.2) is 51.5 Å². The lowest BCUT2D eigenvalue weighted by atomic mass is 10.2. The molecule has 1 fully saturated rings. The van der Waals surface area contributed by atoms with Gasteiger partial charge in [-0.3, -0.25) is 4.79 Å². The predicted molar refractivity (Wildman–Crippen MR) is 126 cm³/mol. The summed E-state index contributed by atoms with van der Waals surface area (Å²) >= 11 is 0. The number of anilines is 1. The van der Waals surface area contributed by atoms with Crippen LogP contribution in [0.1, 0.15) is 33.6 Å². The van der Waals surface area contributed by atoms with E-state index in [0.29, 0.717) is 49.5 Å². The molecular weight excluding hydrogens is 444 g/mol. The fourth-order valence-electron chi connectivity index (χ4n) is 3.26. The van der Waals surface area contributed by atoms with Gasteiger partial charge >= 0.3 is 0 Å². The first-order valence-electron chi connectivity index (χ1n) is 11.3. The largest absolute Gasteiger partial charge is 0.494 e. The third-order valence-electron chi connectivity index (χ3n) is 5.21. The second kappa shape index (κ2) is 11.5. The van der Waals surface area contributed by atoms with E-state index in [1.54, 1.807) is 44.2 Å². The number of ether oxygens (including phenoxy) is 3. The van der Waals surface area contributed by atoms with E-state index in [1.807, 2.05) is 6.92 Å². The van der Waals surface area contributed by atoms with Gasteiger partial charge in [0, 0.05) is 13.1 Å². The second-order valence-corrected chi connectivity index (χ2v) is 9.70. The molecule has 0 heterocycles. The molecule has 1 N–H and O–H groups in total. The molecule has 0 spiro atoms. The minimum absolute atomic E-state index is 0.0828. The molecule has 0 bridgehead atoms. The Kier molecular flexibility index (Phi) is 8.71. The number of nitrogens with zero attached hydrogens (tertiary/aromatic N) is 1. The van der Waals surface area contributed by atoms with E-state index in [9.17, 15) is 13.2 Å². The number of amides is 1. The van der Waals surface area contributed by atoms with Gasteiger partial charge in [-0.05, 0) is 68.1 Å². The smallest absolute Gasteiger partial charge is 0.250 e. The summed E-state index contributed by atoms with van der Waals surface area (Å²) in [7, 11) is -3.70. The highest BCUT2D eigenvalue weighted by Crippen LogP contribution is 2.33. The van der Waals surface area contributed by atoms with Gasteiger partial charge in [-0.25, -0.2) is 8.42 Å². The number of hydrogen-bond donors (Lipinski definition) is 1. The highest BCUT2D eigenvalue weighted by Gasteiger charge is 2.24. The van der Waals surface area contributed by atoms with Crippen molar-refractivity contribution in [3.05, 3.63) is 42.5 Å². The third kappa shape index (κ3) is 6.93. The van der Waals surface area contributed by atoms with Crippen molar-refractivity contribution in [2.45, 2.75) is 38.5 Å². The number of carbonyl (C=O) groups excluding carboxylic acids is 1. The molecule has 0 aliphatic heterocycles. The Morgan fingerprint density at radius 3 is 2.30 bits per heavy atom. The van der Waals surface area contributed by atoms with Gasteiger partial charge in [0.2, 0.25) is 15.9 Å². The molecule has 3 rings (SSSR count). The number of benzene rings is 2. The zero-order valence-electron chi connectivity index (χ0n) is 19.4. The molecule has 2 aromatic rings. The van der Waals surface area contributed by atoms with Crippen molar-refractivity contribution >= 4 is 21.6 Å². The first-order valence-corrected chi connectivity index (χ1v) is 12.7. The lowest BCUT2D eigenvalue weighted by Gasteiger charge is -2.20. The van der Waals surface area contributed by atoms with E-state index in [-0.39, 0.29) is 23.1 Å². The summed E-state index contributed by atoms with van der Waals surface area (Å²) in [5.41, 5.74) is 0.261. The molecule has 1 aliphatic carbocycles. The standard InChI is InChI=1S/C24H32N2O6S/c1-4-26(5-2)33(28,29)21-13-14-23(32-20-11-9-19(10-12-20)31-6-3)22(15-21)25-24(27)17-30-16-18-7-8-18/h9-15,18H,4-8,16-17H2,1-3H3,(H,25,27). The zero-order chi connectivity index (χ0) is 23.8. The quantitative estimate of drug-likeness (QED) is 0.464. The molecule has 2 aromatic carbocycles. The third-order valence-corrected chi connectivity index (χ3v) is 7.26. The first-order chi connectivity index (χ1) is 15.9. The molecule has 9 heteroatoms. The van der Waals surface area contributed by atoms with Gasteiger partial charge in [0.05, 0.1) is 23.8 Å². The highest BCUT2D eigenvalue weighted by atomic mass is 32.2. The van der Waals surface area contributed by atoms with Gasteiger partial charge in [-0.1, -0.05) is 13.8 Å². The Bertz CT molecular complexity index is 1030. The number of hydrogen-bond acceptors (Lipinski definition) is 6. The van der Waals surface area contributed by atoms with Crippen molar-refractivity contribution in [3.63, 3.8) is 0 Å². The maximum Gasteiger partial charge on any atom is 0.250 e. The van der Waals surface area contributed by atoms with Crippen LogP contribution in [0.4, 0.5) is 5.69 Å². The van der Waals surface area contributed by atoms with Crippen LogP contribution in [-0.2, 0) is 19.6 Å². The average Bonchev–Trinajstić information content (AvgIpc) is 3.61. The topological polar surface area (TPSA) is 94.2 Å². The lowest BCUT2D eigenvalue weighted by molar-refractivity contribution is -0.120. The number of carbonyl (C=O) groups is 1. The molecule has 33 heavy (non-hydrogen) atoms. The summed E-state index contributed by atoms with van der Waals surface area (Å²) in [4.78, 5) is 12.6. The maximum atomic E-state index is 13.0. The summed E-state index contributed by atoms with van der Waals surface area (Å²) < 4.78 is 44.2. The van der Waals surface area contributed by atoms with Crippen molar-refractivity contribution in [3.8, 4) is 17.2 Å². The van der Waals surface area contributed by atoms with Gasteiger partial charge in [-0.2, -0.15) is 4.31 Å². The van der Waals surface area contributed by atoms with Crippen molar-refractivity contribution in [2.24, 2.45) is 5.92 Å². The number of rotatable bonds is 13. The first kappa shape index (κ1) is 25.0. The Balaban J connectivity index is 1.84. The fraction of sp³-hybridized carbons (Fsp3) is 0.458. The molecule has 1 saturated carbocycles. The van der Waals surface area contributed by atoms with Crippen LogP contribution in [0.25, 0.3) is 0 Å². The van der Waals surface area contributed by atoms with Crippen LogP contribution in [0.5, 0.6) is 17.2 Å². The Hall–Kier alpha value is -2.62. The van der Waals surface area contributed by atoms with Crippen molar-refractivity contribution in [1.82, 2.24) is 4.31 Å². The van der Waals surface area contributed by atoms with Crippen molar-refractivity contribution in [1.29, 1.82) is 0 Å². The number of sulfonamides is 1. The van der Waals surface area contributed by atoms with Gasteiger partial charge in [0.1, 0.15) is 18.1 Å². The zero-order valence-corrected chi connectivity index (χ0v) is 20.2. The molecule has 0 unspecified atom stereocenters. The molecule has 1 amide bonds. The Morgan fingerprint density at radius 2 is 1.70 bits per heavy atom. The monoisotopic (exact) mass is 476 g/mol.